The molecule has 2 N–H and O–H groups in total. The van der Waals surface area contributed by atoms with Gasteiger partial charge in [-0.3, -0.25) is 4.79 Å². The van der Waals surface area contributed by atoms with E-state index in [-0.39, 0.29) is 5.91 Å². The highest BCUT2D eigenvalue weighted by Gasteiger charge is 2.11. The third-order valence-corrected chi connectivity index (χ3v) is 4.23. The van der Waals surface area contributed by atoms with Gasteiger partial charge in [-0.15, -0.1) is 0 Å². The molecule has 2 aromatic carbocycles. The number of ether oxygens (including phenoxy) is 2. The number of nitrogens with one attached hydrogen (secondary N) is 2. The molecule has 1 heterocycles. The summed E-state index contributed by atoms with van der Waals surface area (Å²) in [4.78, 5) is 20.8. The number of hydrogen-bond acceptors (Lipinski definition) is 6. The van der Waals surface area contributed by atoms with Gasteiger partial charge in [-0.25, -0.2) is 9.97 Å². The van der Waals surface area contributed by atoms with Gasteiger partial charge in [-0.1, -0.05) is 11.6 Å². The van der Waals surface area contributed by atoms with Crippen LogP contribution in [0.3, 0.4) is 0 Å². The minimum Gasteiger partial charge on any atom is -0.493 e. The number of hydrogen-bond donors (Lipinski definition) is 2. The molecule has 0 atom stereocenters. The summed E-state index contributed by atoms with van der Waals surface area (Å²) in [5.74, 6) is 1.15. The van der Waals surface area contributed by atoms with Gasteiger partial charge in [-0.2, -0.15) is 0 Å². The lowest BCUT2D eigenvalue weighted by atomic mass is 10.2. The van der Waals surface area contributed by atoms with Crippen molar-refractivity contribution >= 4 is 34.8 Å². The molecule has 0 bridgehead atoms. The number of amides is 1. The van der Waals surface area contributed by atoms with E-state index in [1.165, 1.54) is 19.5 Å². The van der Waals surface area contributed by atoms with E-state index < -0.39 is 0 Å². The molecule has 7 nitrogen and oxygen atoms in total. The third kappa shape index (κ3) is 4.50. The van der Waals surface area contributed by atoms with Crippen molar-refractivity contribution in [2.75, 3.05) is 24.9 Å². The molecular weight excluding hydrogens is 380 g/mol. The zero-order chi connectivity index (χ0) is 20.1. The van der Waals surface area contributed by atoms with Crippen LogP contribution in [0.25, 0.3) is 0 Å². The number of carbonyl (C=O) groups excluding carboxylic acids is 1. The van der Waals surface area contributed by atoms with Crippen molar-refractivity contribution < 1.29 is 14.3 Å². The summed E-state index contributed by atoms with van der Waals surface area (Å²) in [6.45, 7) is 1.93. The molecule has 28 heavy (non-hydrogen) atoms. The molecule has 8 heteroatoms. The maximum Gasteiger partial charge on any atom is 0.258 e. The Morgan fingerprint density at radius 1 is 1.00 bits per heavy atom. The molecule has 0 saturated carbocycles. The van der Waals surface area contributed by atoms with Crippen LogP contribution in [0.4, 0.5) is 17.3 Å². The van der Waals surface area contributed by atoms with Crippen LogP contribution in [-0.2, 0) is 0 Å². The number of methoxy groups -OCH3 is 2. The van der Waals surface area contributed by atoms with Crippen molar-refractivity contribution in [1.29, 1.82) is 0 Å². The van der Waals surface area contributed by atoms with Crippen molar-refractivity contribution in [3.05, 3.63) is 64.9 Å². The summed E-state index contributed by atoms with van der Waals surface area (Å²) >= 11 is 5.96. The number of rotatable bonds is 6. The van der Waals surface area contributed by atoms with E-state index in [0.717, 1.165) is 11.3 Å². The highest BCUT2D eigenvalue weighted by molar-refractivity contribution is 6.30. The molecule has 0 aliphatic rings. The molecule has 3 rings (SSSR count). The maximum atomic E-state index is 12.4. The molecular formula is C20H19ClN4O3. The monoisotopic (exact) mass is 398 g/mol. The highest BCUT2D eigenvalue weighted by atomic mass is 35.5. The van der Waals surface area contributed by atoms with Crippen LogP contribution >= 0.6 is 11.6 Å². The molecule has 0 aliphatic carbocycles. The summed E-state index contributed by atoms with van der Waals surface area (Å²) in [6, 6.07) is 10.6. The quantitative estimate of drug-likeness (QED) is 0.638. The van der Waals surface area contributed by atoms with Gasteiger partial charge in [-0.05, 0) is 42.8 Å². The van der Waals surface area contributed by atoms with Crippen LogP contribution in [0.5, 0.6) is 11.5 Å². The lowest BCUT2D eigenvalue weighted by molar-refractivity contribution is 0.102. The zero-order valence-corrected chi connectivity index (χ0v) is 16.4. The summed E-state index contributed by atoms with van der Waals surface area (Å²) < 4.78 is 10.4. The Balaban J connectivity index is 1.70. The fourth-order valence-corrected chi connectivity index (χ4v) is 2.74. The number of benzene rings is 2. The van der Waals surface area contributed by atoms with E-state index in [1.54, 1.807) is 31.4 Å². The molecule has 0 aliphatic heterocycles. The van der Waals surface area contributed by atoms with Crippen molar-refractivity contribution in [2.45, 2.75) is 6.92 Å². The molecule has 0 saturated heterocycles. The number of aryl methyl sites for hydroxylation is 1. The minimum absolute atomic E-state index is 0.327. The third-order valence-electron chi connectivity index (χ3n) is 3.99. The van der Waals surface area contributed by atoms with Crippen molar-refractivity contribution in [1.82, 2.24) is 9.97 Å². The number of aromatic nitrogens is 2. The predicted octanol–water partition coefficient (Wildman–Crippen LogP) is 4.45. The van der Waals surface area contributed by atoms with Gasteiger partial charge in [0.25, 0.3) is 5.91 Å². The Kier molecular flexibility index (Phi) is 5.96. The second-order valence-electron chi connectivity index (χ2n) is 5.90. The first-order valence-corrected chi connectivity index (χ1v) is 8.76. The summed E-state index contributed by atoms with van der Waals surface area (Å²) in [5.41, 5.74) is 2.70. The Hall–Kier alpha value is -3.32. The van der Waals surface area contributed by atoms with E-state index in [1.807, 2.05) is 19.1 Å². The Labute approximate surface area is 167 Å². The van der Waals surface area contributed by atoms with Crippen LogP contribution in [0, 0.1) is 6.92 Å². The van der Waals surface area contributed by atoms with Gasteiger partial charge in [0, 0.05) is 34.9 Å². The largest absolute Gasteiger partial charge is 0.493 e. The molecule has 0 fully saturated rings. The average molecular weight is 399 g/mol. The average Bonchev–Trinajstić information content (AvgIpc) is 2.70. The van der Waals surface area contributed by atoms with E-state index in [9.17, 15) is 4.79 Å². The van der Waals surface area contributed by atoms with Gasteiger partial charge in [0.05, 0.1) is 19.8 Å². The Morgan fingerprint density at radius 2 is 1.71 bits per heavy atom. The molecule has 144 valence electrons. The normalized spacial score (nSPS) is 10.3. The van der Waals surface area contributed by atoms with Gasteiger partial charge >= 0.3 is 0 Å². The first kappa shape index (κ1) is 19.4. The predicted molar refractivity (Wildman–Crippen MR) is 109 cm³/mol. The first-order valence-electron chi connectivity index (χ1n) is 8.38. The Bertz CT molecular complexity index is 993. The summed E-state index contributed by atoms with van der Waals surface area (Å²) in [5, 5.41) is 6.54. The van der Waals surface area contributed by atoms with Crippen LogP contribution in [0.15, 0.2) is 48.8 Å². The van der Waals surface area contributed by atoms with E-state index in [4.69, 9.17) is 21.1 Å². The SMILES string of the molecule is COc1ccc(NC(=O)c2cnc(Nc3ccc(Cl)cc3C)nc2)cc1OC. The van der Waals surface area contributed by atoms with Gasteiger partial charge in [0.1, 0.15) is 0 Å². The fourth-order valence-electron chi connectivity index (χ4n) is 2.51. The molecule has 1 aromatic heterocycles. The first-order chi connectivity index (χ1) is 13.5. The highest BCUT2D eigenvalue weighted by Crippen LogP contribution is 2.30. The Morgan fingerprint density at radius 3 is 2.36 bits per heavy atom. The molecule has 0 spiro atoms. The van der Waals surface area contributed by atoms with E-state index in [0.29, 0.717) is 33.7 Å². The smallest absolute Gasteiger partial charge is 0.258 e. The van der Waals surface area contributed by atoms with Crippen molar-refractivity contribution in [3.8, 4) is 11.5 Å². The number of halogens is 1. The molecule has 0 unspecified atom stereocenters. The summed E-state index contributed by atoms with van der Waals surface area (Å²) in [7, 11) is 3.08. The number of nitrogens with zero attached hydrogens (tertiary/aromatic N) is 2. The minimum atomic E-state index is -0.332. The molecule has 1 amide bonds. The van der Waals surface area contributed by atoms with Crippen LogP contribution in [0.2, 0.25) is 5.02 Å². The van der Waals surface area contributed by atoms with Crippen LogP contribution in [0.1, 0.15) is 15.9 Å². The maximum absolute atomic E-state index is 12.4. The standard InChI is InChI=1S/C20H19ClN4O3/c1-12-8-14(21)4-6-16(12)25-20-22-10-13(11-23-20)19(26)24-15-5-7-17(27-2)18(9-15)28-3/h4-11H,1-3H3,(H,24,26)(H,22,23,25). The van der Waals surface area contributed by atoms with Crippen molar-refractivity contribution in [3.63, 3.8) is 0 Å². The topological polar surface area (TPSA) is 85.4 Å². The van der Waals surface area contributed by atoms with Gasteiger partial charge < -0.3 is 20.1 Å². The second kappa shape index (κ2) is 8.58. The van der Waals surface area contributed by atoms with Gasteiger partial charge in [0.2, 0.25) is 5.95 Å². The lowest BCUT2D eigenvalue weighted by Crippen LogP contribution is -2.13. The lowest BCUT2D eigenvalue weighted by Gasteiger charge is -2.11. The van der Waals surface area contributed by atoms with E-state index in [2.05, 4.69) is 20.6 Å². The van der Waals surface area contributed by atoms with Crippen molar-refractivity contribution in [2.24, 2.45) is 0 Å². The second-order valence-corrected chi connectivity index (χ2v) is 6.34. The van der Waals surface area contributed by atoms with Crippen LogP contribution in [-0.4, -0.2) is 30.1 Å². The number of carbonyl (C=O) groups is 1. The molecule has 3 aromatic rings. The fraction of sp³-hybridized carbons (Fsp3) is 0.150. The zero-order valence-electron chi connectivity index (χ0n) is 15.6. The summed E-state index contributed by atoms with van der Waals surface area (Å²) in [6.07, 6.45) is 2.91. The van der Waals surface area contributed by atoms with Crippen LogP contribution < -0.4 is 20.1 Å². The molecule has 0 radical (unpaired) electrons. The van der Waals surface area contributed by atoms with Gasteiger partial charge in [0.15, 0.2) is 11.5 Å². The van der Waals surface area contributed by atoms with E-state index >= 15 is 0 Å². The number of anilines is 3.